The number of carbonyl (C=O) groups is 2. The third kappa shape index (κ3) is 2.57. The van der Waals surface area contributed by atoms with Crippen molar-refractivity contribution < 1.29 is 9.59 Å². The third-order valence-corrected chi connectivity index (χ3v) is 4.90. The molecule has 4 nitrogen and oxygen atoms in total. The zero-order chi connectivity index (χ0) is 15.1. The van der Waals surface area contributed by atoms with Gasteiger partial charge in [-0.05, 0) is 37.5 Å². The first-order valence-electron chi connectivity index (χ1n) is 7.82. The van der Waals surface area contributed by atoms with Crippen LogP contribution in [-0.2, 0) is 9.59 Å². The van der Waals surface area contributed by atoms with Crippen molar-refractivity contribution in [2.75, 3.05) is 6.54 Å². The molecule has 2 aliphatic rings. The van der Waals surface area contributed by atoms with Gasteiger partial charge in [0.25, 0.3) is 0 Å². The highest BCUT2D eigenvalue weighted by Gasteiger charge is 2.51. The summed E-state index contributed by atoms with van der Waals surface area (Å²) in [5.41, 5.74) is -0.971. The lowest BCUT2D eigenvalue weighted by molar-refractivity contribution is -0.160. The van der Waals surface area contributed by atoms with E-state index in [0.29, 0.717) is 12.3 Å². The Labute approximate surface area is 122 Å². The summed E-state index contributed by atoms with van der Waals surface area (Å²) in [6.07, 6.45) is 4.26. The van der Waals surface area contributed by atoms with Crippen molar-refractivity contribution in [3.8, 4) is 0 Å². The highest BCUT2D eigenvalue weighted by Crippen LogP contribution is 2.35. The lowest BCUT2D eigenvalue weighted by Crippen LogP contribution is -2.72. The first-order valence-corrected chi connectivity index (χ1v) is 7.82. The minimum absolute atomic E-state index is 0.000716. The summed E-state index contributed by atoms with van der Waals surface area (Å²) < 4.78 is 0. The van der Waals surface area contributed by atoms with E-state index in [-0.39, 0.29) is 23.3 Å². The smallest absolute Gasteiger partial charge is 0.248 e. The third-order valence-electron chi connectivity index (χ3n) is 4.90. The Morgan fingerprint density at radius 1 is 1.30 bits per heavy atom. The van der Waals surface area contributed by atoms with Crippen LogP contribution in [-0.4, -0.2) is 34.8 Å². The molecule has 2 rings (SSSR count). The fraction of sp³-hybridized carbons (Fsp3) is 0.875. The summed E-state index contributed by atoms with van der Waals surface area (Å²) in [7, 11) is 0. The molecule has 1 saturated carbocycles. The van der Waals surface area contributed by atoms with E-state index in [0.717, 1.165) is 6.54 Å². The molecule has 20 heavy (non-hydrogen) atoms. The quantitative estimate of drug-likeness (QED) is 0.862. The predicted molar refractivity (Wildman–Crippen MR) is 79.1 cm³/mol. The normalized spacial score (nSPS) is 32.0. The van der Waals surface area contributed by atoms with Crippen molar-refractivity contribution >= 4 is 11.8 Å². The predicted octanol–water partition coefficient (Wildman–Crippen LogP) is 2.33. The molecule has 0 aromatic heterocycles. The van der Waals surface area contributed by atoms with Gasteiger partial charge < -0.3 is 10.2 Å². The number of hydrogen-bond donors (Lipinski definition) is 1. The Morgan fingerprint density at radius 2 is 1.90 bits per heavy atom. The van der Waals surface area contributed by atoms with E-state index in [4.69, 9.17) is 0 Å². The number of nitrogens with zero attached hydrogens (tertiary/aromatic N) is 1. The number of amides is 2. The van der Waals surface area contributed by atoms with E-state index in [1.807, 2.05) is 39.5 Å². The molecule has 1 heterocycles. The highest BCUT2D eigenvalue weighted by atomic mass is 16.2. The molecule has 2 atom stereocenters. The van der Waals surface area contributed by atoms with Crippen molar-refractivity contribution in [3.63, 3.8) is 0 Å². The minimum Gasteiger partial charge on any atom is -0.340 e. The number of hydrogen-bond acceptors (Lipinski definition) is 2. The average molecular weight is 280 g/mol. The Balaban J connectivity index is 2.30. The van der Waals surface area contributed by atoms with Crippen molar-refractivity contribution in [2.45, 2.75) is 71.9 Å². The molecule has 1 aliphatic carbocycles. The summed E-state index contributed by atoms with van der Waals surface area (Å²) in [5, 5.41) is 2.96. The molecule has 2 amide bonds. The first kappa shape index (κ1) is 15.3. The summed E-state index contributed by atoms with van der Waals surface area (Å²) in [6, 6.07) is -0.352. The number of nitrogens with one attached hydrogen (secondary N) is 1. The maximum absolute atomic E-state index is 12.9. The first-order chi connectivity index (χ1) is 9.19. The van der Waals surface area contributed by atoms with Crippen LogP contribution in [0.3, 0.4) is 0 Å². The number of carbonyl (C=O) groups excluding carboxylic acids is 2. The van der Waals surface area contributed by atoms with E-state index in [2.05, 4.69) is 5.32 Å². The molecule has 2 unspecified atom stereocenters. The van der Waals surface area contributed by atoms with Gasteiger partial charge in [0.1, 0.15) is 11.6 Å². The fourth-order valence-electron chi connectivity index (χ4n) is 3.21. The molecule has 0 aromatic carbocycles. The second-order valence-corrected chi connectivity index (χ2v) is 7.70. The van der Waals surface area contributed by atoms with Crippen LogP contribution >= 0.6 is 0 Å². The summed E-state index contributed by atoms with van der Waals surface area (Å²) in [6.45, 7) is 10.6. The maximum Gasteiger partial charge on any atom is 0.248 e. The molecule has 1 saturated heterocycles. The van der Waals surface area contributed by atoms with Crippen molar-refractivity contribution in [2.24, 2.45) is 11.3 Å². The largest absolute Gasteiger partial charge is 0.340 e. The standard InChI is InChI=1S/C16H28N2O2/c1-6-16(5)14(20)18(10-11-8-7-9-11)12(13(19)17-16)15(2,3)4/h11-12H,6-10H2,1-5H3,(H,17,19). The Bertz CT molecular complexity index is 409. The second kappa shape index (κ2) is 5.05. The molecule has 4 heteroatoms. The molecular weight excluding hydrogens is 252 g/mol. The SMILES string of the molecule is CCC1(C)NC(=O)C(C(C)(C)C)N(CC2CCC2)C1=O. The van der Waals surface area contributed by atoms with Crippen molar-refractivity contribution in [3.05, 3.63) is 0 Å². The van der Waals surface area contributed by atoms with Crippen LogP contribution in [0.4, 0.5) is 0 Å². The van der Waals surface area contributed by atoms with Gasteiger partial charge in [-0.25, -0.2) is 0 Å². The zero-order valence-corrected chi connectivity index (χ0v) is 13.5. The van der Waals surface area contributed by atoms with Crippen LogP contribution < -0.4 is 5.32 Å². The number of piperazine rings is 1. The molecule has 1 N–H and O–H groups in total. The van der Waals surface area contributed by atoms with Crippen molar-refractivity contribution in [1.29, 1.82) is 0 Å². The van der Waals surface area contributed by atoms with Gasteiger partial charge in [0.2, 0.25) is 11.8 Å². The van der Waals surface area contributed by atoms with Gasteiger partial charge in [0.05, 0.1) is 0 Å². The summed E-state index contributed by atoms with van der Waals surface area (Å²) in [5.74, 6) is 0.669. The molecule has 0 aromatic rings. The van der Waals surface area contributed by atoms with Gasteiger partial charge in [-0.1, -0.05) is 34.1 Å². The topological polar surface area (TPSA) is 49.4 Å². The van der Waals surface area contributed by atoms with Crippen LogP contribution in [0.1, 0.15) is 60.3 Å². The fourth-order valence-corrected chi connectivity index (χ4v) is 3.21. The van der Waals surface area contributed by atoms with E-state index < -0.39 is 5.54 Å². The van der Waals surface area contributed by atoms with E-state index in [1.165, 1.54) is 19.3 Å². The van der Waals surface area contributed by atoms with E-state index in [1.54, 1.807) is 0 Å². The second-order valence-electron chi connectivity index (χ2n) is 7.70. The molecule has 1 aliphatic heterocycles. The van der Waals surface area contributed by atoms with E-state index >= 15 is 0 Å². The molecule has 0 radical (unpaired) electrons. The van der Waals surface area contributed by atoms with Crippen LogP contribution in [0.5, 0.6) is 0 Å². The number of rotatable bonds is 3. The van der Waals surface area contributed by atoms with Crippen molar-refractivity contribution in [1.82, 2.24) is 10.2 Å². The van der Waals surface area contributed by atoms with Gasteiger partial charge in [0, 0.05) is 6.54 Å². The van der Waals surface area contributed by atoms with Gasteiger partial charge in [-0.2, -0.15) is 0 Å². The molecule has 0 spiro atoms. The van der Waals surface area contributed by atoms with Crippen LogP contribution in [0, 0.1) is 11.3 Å². The van der Waals surface area contributed by atoms with Gasteiger partial charge >= 0.3 is 0 Å². The lowest BCUT2D eigenvalue weighted by Gasteiger charge is -2.50. The van der Waals surface area contributed by atoms with Crippen LogP contribution in [0.2, 0.25) is 0 Å². The van der Waals surface area contributed by atoms with Gasteiger partial charge in [0.15, 0.2) is 0 Å². The van der Waals surface area contributed by atoms with Crippen LogP contribution in [0.25, 0.3) is 0 Å². The van der Waals surface area contributed by atoms with Gasteiger partial charge in [-0.15, -0.1) is 0 Å². The minimum atomic E-state index is -0.734. The van der Waals surface area contributed by atoms with Crippen LogP contribution in [0.15, 0.2) is 0 Å². The van der Waals surface area contributed by atoms with Gasteiger partial charge in [-0.3, -0.25) is 9.59 Å². The summed E-state index contributed by atoms with van der Waals surface area (Å²) >= 11 is 0. The average Bonchev–Trinajstić information content (AvgIpc) is 2.27. The monoisotopic (exact) mass is 280 g/mol. The Kier molecular flexibility index (Phi) is 3.87. The highest BCUT2D eigenvalue weighted by molar-refractivity contribution is 6.00. The molecule has 2 fully saturated rings. The Morgan fingerprint density at radius 3 is 2.30 bits per heavy atom. The zero-order valence-electron chi connectivity index (χ0n) is 13.5. The van der Waals surface area contributed by atoms with E-state index in [9.17, 15) is 9.59 Å². The lowest BCUT2D eigenvalue weighted by atomic mass is 9.78. The molecule has 114 valence electrons. The molecule has 0 bridgehead atoms. The molecular formula is C16H28N2O2. The summed E-state index contributed by atoms with van der Waals surface area (Å²) in [4.78, 5) is 27.3. The Hall–Kier alpha value is -1.06. The maximum atomic E-state index is 12.9.